The molecule has 0 spiro atoms. The minimum absolute atomic E-state index is 0.224. The van der Waals surface area contributed by atoms with Gasteiger partial charge >= 0.3 is 6.09 Å². The van der Waals surface area contributed by atoms with Crippen molar-refractivity contribution >= 4 is 6.09 Å². The lowest BCUT2D eigenvalue weighted by Gasteiger charge is -2.26. The summed E-state index contributed by atoms with van der Waals surface area (Å²) in [6.07, 6.45) is 1.71. The number of carbonyl (C=O) groups is 1. The number of aryl methyl sites for hydroxylation is 1. The highest BCUT2D eigenvalue weighted by Crippen LogP contribution is 2.18. The summed E-state index contributed by atoms with van der Waals surface area (Å²) in [6.45, 7) is 12.6. The Kier molecular flexibility index (Phi) is 7.56. The average molecular weight is 320 g/mol. The van der Waals surface area contributed by atoms with Gasteiger partial charge in [-0.25, -0.2) is 4.79 Å². The molecule has 0 aromatic heterocycles. The van der Waals surface area contributed by atoms with Crippen LogP contribution in [0.5, 0.6) is 0 Å². The maximum absolute atomic E-state index is 11.8. The molecular weight excluding hydrogens is 288 g/mol. The standard InChI is InChI=1S/C19H32N2O2/c1-7-10-16(13-20-18(22)23-19(4,5)6)21-15(3)17-12-9-8-11-14(17)2/h8-9,11-12,15-16,21H,7,10,13H2,1-6H3,(H,20,22). The Morgan fingerprint density at radius 3 is 2.48 bits per heavy atom. The van der Waals surface area contributed by atoms with Crippen molar-refractivity contribution in [2.24, 2.45) is 0 Å². The molecule has 1 aromatic carbocycles. The molecule has 23 heavy (non-hydrogen) atoms. The number of hydrogen-bond donors (Lipinski definition) is 2. The molecule has 0 fully saturated rings. The fourth-order valence-corrected chi connectivity index (χ4v) is 2.63. The van der Waals surface area contributed by atoms with Crippen molar-refractivity contribution in [1.82, 2.24) is 10.6 Å². The zero-order valence-electron chi connectivity index (χ0n) is 15.4. The molecule has 130 valence electrons. The third-order valence-corrected chi connectivity index (χ3v) is 3.67. The molecule has 0 heterocycles. The highest BCUT2D eigenvalue weighted by atomic mass is 16.6. The second kappa shape index (κ2) is 8.92. The first-order valence-corrected chi connectivity index (χ1v) is 8.51. The van der Waals surface area contributed by atoms with E-state index >= 15 is 0 Å². The molecule has 0 saturated heterocycles. The first-order chi connectivity index (χ1) is 10.7. The second-order valence-corrected chi connectivity index (χ2v) is 7.11. The molecule has 4 heteroatoms. The lowest BCUT2D eigenvalue weighted by atomic mass is 10.0. The van der Waals surface area contributed by atoms with Gasteiger partial charge < -0.3 is 15.4 Å². The largest absolute Gasteiger partial charge is 0.444 e. The summed E-state index contributed by atoms with van der Waals surface area (Å²) in [7, 11) is 0. The zero-order valence-corrected chi connectivity index (χ0v) is 15.4. The van der Waals surface area contributed by atoms with Crippen molar-refractivity contribution < 1.29 is 9.53 Å². The zero-order chi connectivity index (χ0) is 17.5. The summed E-state index contributed by atoms with van der Waals surface area (Å²) in [6, 6.07) is 8.86. The van der Waals surface area contributed by atoms with E-state index in [0.29, 0.717) is 6.54 Å². The van der Waals surface area contributed by atoms with Crippen LogP contribution >= 0.6 is 0 Å². The van der Waals surface area contributed by atoms with Gasteiger partial charge in [0, 0.05) is 18.6 Å². The number of nitrogens with one attached hydrogen (secondary N) is 2. The molecule has 2 atom stereocenters. The smallest absolute Gasteiger partial charge is 0.407 e. The normalized spacial score (nSPS) is 14.2. The quantitative estimate of drug-likeness (QED) is 0.786. The summed E-state index contributed by atoms with van der Waals surface area (Å²) in [5.74, 6) is 0. The maximum atomic E-state index is 11.8. The lowest BCUT2D eigenvalue weighted by Crippen LogP contribution is -2.43. The first kappa shape index (κ1) is 19.5. The van der Waals surface area contributed by atoms with Gasteiger partial charge in [0.2, 0.25) is 0 Å². The Labute approximate surface area is 141 Å². The third kappa shape index (κ3) is 7.51. The Morgan fingerprint density at radius 2 is 1.91 bits per heavy atom. The van der Waals surface area contributed by atoms with Crippen LogP contribution in [0.2, 0.25) is 0 Å². The summed E-state index contributed by atoms with van der Waals surface area (Å²) >= 11 is 0. The molecule has 0 radical (unpaired) electrons. The Bertz CT molecular complexity index is 494. The predicted octanol–water partition coefficient (Wildman–Crippen LogP) is 4.34. The number of rotatable bonds is 7. The van der Waals surface area contributed by atoms with E-state index in [-0.39, 0.29) is 18.2 Å². The van der Waals surface area contributed by atoms with Crippen LogP contribution in [-0.4, -0.2) is 24.3 Å². The van der Waals surface area contributed by atoms with E-state index in [9.17, 15) is 4.79 Å². The molecule has 2 N–H and O–H groups in total. The van der Waals surface area contributed by atoms with Crippen molar-refractivity contribution in [3.05, 3.63) is 35.4 Å². The number of hydrogen-bond acceptors (Lipinski definition) is 3. The van der Waals surface area contributed by atoms with Gasteiger partial charge in [-0.05, 0) is 52.2 Å². The van der Waals surface area contributed by atoms with Crippen LogP contribution in [0.25, 0.3) is 0 Å². The Hall–Kier alpha value is -1.55. The maximum Gasteiger partial charge on any atom is 0.407 e. The van der Waals surface area contributed by atoms with Crippen LogP contribution < -0.4 is 10.6 Å². The molecular formula is C19H32N2O2. The van der Waals surface area contributed by atoms with Gasteiger partial charge in [0.25, 0.3) is 0 Å². The van der Waals surface area contributed by atoms with Gasteiger partial charge in [-0.2, -0.15) is 0 Å². The molecule has 2 unspecified atom stereocenters. The monoisotopic (exact) mass is 320 g/mol. The van der Waals surface area contributed by atoms with Gasteiger partial charge in [-0.1, -0.05) is 37.6 Å². The van der Waals surface area contributed by atoms with E-state index in [1.807, 2.05) is 20.8 Å². The van der Waals surface area contributed by atoms with E-state index in [1.165, 1.54) is 11.1 Å². The van der Waals surface area contributed by atoms with E-state index < -0.39 is 5.60 Å². The summed E-state index contributed by atoms with van der Waals surface area (Å²) in [4.78, 5) is 11.8. The lowest BCUT2D eigenvalue weighted by molar-refractivity contribution is 0.0521. The number of amides is 1. The van der Waals surface area contributed by atoms with Crippen LogP contribution in [0.4, 0.5) is 4.79 Å². The van der Waals surface area contributed by atoms with Gasteiger partial charge in [0.05, 0.1) is 0 Å². The molecule has 1 amide bonds. The number of alkyl carbamates (subject to hydrolysis) is 1. The predicted molar refractivity (Wildman–Crippen MR) is 95.7 cm³/mol. The Balaban J connectivity index is 2.58. The summed E-state index contributed by atoms with van der Waals surface area (Å²) in [5.41, 5.74) is 2.11. The molecule has 0 aliphatic heterocycles. The van der Waals surface area contributed by atoms with Crippen molar-refractivity contribution in [3.8, 4) is 0 Å². The van der Waals surface area contributed by atoms with Crippen LogP contribution in [-0.2, 0) is 4.74 Å². The molecule has 0 saturated carbocycles. The van der Waals surface area contributed by atoms with Gasteiger partial charge in [0.1, 0.15) is 5.60 Å². The minimum Gasteiger partial charge on any atom is -0.444 e. The first-order valence-electron chi connectivity index (χ1n) is 8.51. The number of ether oxygens (including phenoxy) is 1. The van der Waals surface area contributed by atoms with Crippen molar-refractivity contribution in [2.75, 3.05) is 6.54 Å². The van der Waals surface area contributed by atoms with Gasteiger partial charge in [0.15, 0.2) is 0 Å². The second-order valence-electron chi connectivity index (χ2n) is 7.11. The Morgan fingerprint density at radius 1 is 1.26 bits per heavy atom. The van der Waals surface area contributed by atoms with Crippen molar-refractivity contribution in [2.45, 2.75) is 72.1 Å². The molecule has 1 aromatic rings. The number of benzene rings is 1. The average Bonchev–Trinajstić information content (AvgIpc) is 2.43. The molecule has 1 rings (SSSR count). The number of carbonyl (C=O) groups excluding carboxylic acids is 1. The molecule has 0 aliphatic rings. The minimum atomic E-state index is -0.466. The molecule has 0 aliphatic carbocycles. The van der Waals surface area contributed by atoms with Gasteiger partial charge in [-0.15, -0.1) is 0 Å². The highest BCUT2D eigenvalue weighted by molar-refractivity contribution is 5.67. The highest BCUT2D eigenvalue weighted by Gasteiger charge is 2.18. The van der Waals surface area contributed by atoms with Crippen LogP contribution in [0.3, 0.4) is 0 Å². The summed E-state index contributed by atoms with van der Waals surface area (Å²) in [5, 5.41) is 6.49. The van der Waals surface area contributed by atoms with Crippen LogP contribution in [0.1, 0.15) is 64.6 Å². The summed E-state index contributed by atoms with van der Waals surface area (Å²) < 4.78 is 5.30. The topological polar surface area (TPSA) is 50.4 Å². The van der Waals surface area contributed by atoms with Crippen LogP contribution in [0, 0.1) is 6.92 Å². The SMILES string of the molecule is CCCC(CNC(=O)OC(C)(C)C)NC(C)c1ccccc1C. The van der Waals surface area contributed by atoms with E-state index in [4.69, 9.17) is 4.74 Å². The van der Waals surface area contributed by atoms with E-state index in [2.05, 4.69) is 55.7 Å². The fraction of sp³-hybridized carbons (Fsp3) is 0.632. The van der Waals surface area contributed by atoms with Gasteiger partial charge in [-0.3, -0.25) is 0 Å². The van der Waals surface area contributed by atoms with Crippen molar-refractivity contribution in [3.63, 3.8) is 0 Å². The molecule has 0 bridgehead atoms. The van der Waals surface area contributed by atoms with Crippen molar-refractivity contribution in [1.29, 1.82) is 0 Å². The van der Waals surface area contributed by atoms with E-state index in [1.54, 1.807) is 0 Å². The van der Waals surface area contributed by atoms with Crippen LogP contribution in [0.15, 0.2) is 24.3 Å². The fourth-order valence-electron chi connectivity index (χ4n) is 2.63. The molecule has 4 nitrogen and oxygen atoms in total. The van der Waals surface area contributed by atoms with E-state index in [0.717, 1.165) is 12.8 Å². The third-order valence-electron chi connectivity index (χ3n) is 3.67.